The maximum atomic E-state index is 11.7. The van der Waals surface area contributed by atoms with Crippen LogP contribution in [-0.4, -0.2) is 38.7 Å². The molecule has 1 heterocycles. The van der Waals surface area contributed by atoms with Crippen molar-refractivity contribution >= 4 is 28.4 Å². The minimum Gasteiger partial charge on any atom is -0.478 e. The molecule has 1 aromatic rings. The van der Waals surface area contributed by atoms with Gasteiger partial charge in [-0.1, -0.05) is 0 Å². The summed E-state index contributed by atoms with van der Waals surface area (Å²) in [5, 5.41) is 20.7. The molecule has 90 valence electrons. The van der Waals surface area contributed by atoms with Crippen LogP contribution < -0.4 is 5.32 Å². The van der Waals surface area contributed by atoms with Crippen LogP contribution in [0.2, 0.25) is 0 Å². The van der Waals surface area contributed by atoms with Crippen LogP contribution in [0.15, 0.2) is 17.0 Å². The first kappa shape index (κ1) is 11.6. The van der Waals surface area contributed by atoms with Gasteiger partial charge in [-0.2, -0.15) is 0 Å². The van der Waals surface area contributed by atoms with Crippen molar-refractivity contribution in [1.82, 2.24) is 0 Å². The minimum atomic E-state index is -1.36. The largest absolute Gasteiger partial charge is 0.478 e. The molecule has 2 rings (SSSR count). The van der Waals surface area contributed by atoms with E-state index < -0.39 is 22.7 Å². The third-order valence-electron chi connectivity index (χ3n) is 2.41. The molecular weight excluding hydrogens is 246 g/mol. The highest BCUT2D eigenvalue weighted by Crippen LogP contribution is 2.29. The number of benzene rings is 1. The molecule has 0 spiro atoms. The number of aromatic carboxylic acids is 2. The van der Waals surface area contributed by atoms with Gasteiger partial charge in [0.2, 0.25) is 0 Å². The van der Waals surface area contributed by atoms with E-state index in [1.807, 2.05) is 0 Å². The summed E-state index contributed by atoms with van der Waals surface area (Å²) >= 11 is 0. The molecule has 17 heavy (non-hydrogen) atoms. The first-order valence-electron chi connectivity index (χ1n) is 4.77. The van der Waals surface area contributed by atoms with Crippen LogP contribution in [0.3, 0.4) is 0 Å². The Labute approximate surface area is 98.7 Å². The standard InChI is InChI=1S/C10H9NO5S/c12-9(13)5-3-6(10(14)15)8-7(4-5)17(16)2-1-11-8/h3-4,11H,1-2H2,(H,12,13)(H,14,15). The van der Waals surface area contributed by atoms with E-state index in [-0.39, 0.29) is 21.7 Å². The van der Waals surface area contributed by atoms with Gasteiger partial charge < -0.3 is 15.5 Å². The van der Waals surface area contributed by atoms with Gasteiger partial charge in [-0.25, -0.2) is 9.59 Å². The summed E-state index contributed by atoms with van der Waals surface area (Å²) < 4.78 is 11.7. The Balaban J connectivity index is 2.70. The molecule has 0 bridgehead atoms. The SMILES string of the molecule is O=C(O)c1cc(C(=O)O)c2c(c1)S(=O)CCN2. The van der Waals surface area contributed by atoms with E-state index >= 15 is 0 Å². The fourth-order valence-corrected chi connectivity index (χ4v) is 2.82. The third-order valence-corrected chi connectivity index (χ3v) is 3.80. The predicted octanol–water partition coefficient (Wildman–Crippen LogP) is 0.616. The van der Waals surface area contributed by atoms with Gasteiger partial charge in [0.05, 0.1) is 32.5 Å². The van der Waals surface area contributed by atoms with Crippen LogP contribution in [0.25, 0.3) is 0 Å². The number of fused-ring (bicyclic) bond motifs is 1. The second kappa shape index (κ2) is 4.17. The molecule has 3 N–H and O–H groups in total. The molecular formula is C10H9NO5S. The number of carboxylic acids is 2. The van der Waals surface area contributed by atoms with E-state index in [2.05, 4.69) is 5.32 Å². The summed E-state index contributed by atoms with van der Waals surface area (Å²) in [5.41, 5.74) is -0.0711. The van der Waals surface area contributed by atoms with Crippen LogP contribution >= 0.6 is 0 Å². The fourth-order valence-electron chi connectivity index (χ4n) is 1.65. The summed E-state index contributed by atoms with van der Waals surface area (Å²) in [6.45, 7) is 0.409. The van der Waals surface area contributed by atoms with E-state index in [4.69, 9.17) is 10.2 Å². The second-order valence-corrected chi connectivity index (χ2v) is 5.02. The lowest BCUT2D eigenvalue weighted by atomic mass is 10.1. The molecule has 1 aliphatic heterocycles. The third kappa shape index (κ3) is 2.01. The Hall–Kier alpha value is -1.89. The van der Waals surface area contributed by atoms with Crippen LogP contribution in [0.1, 0.15) is 20.7 Å². The van der Waals surface area contributed by atoms with Gasteiger partial charge in [-0.3, -0.25) is 4.21 Å². The number of carbonyl (C=O) groups is 2. The van der Waals surface area contributed by atoms with Crippen molar-refractivity contribution in [2.45, 2.75) is 4.90 Å². The van der Waals surface area contributed by atoms with Gasteiger partial charge in [0, 0.05) is 12.3 Å². The van der Waals surface area contributed by atoms with Crippen molar-refractivity contribution in [3.05, 3.63) is 23.3 Å². The Kier molecular flexibility index (Phi) is 2.84. The Morgan fingerprint density at radius 3 is 2.53 bits per heavy atom. The summed E-state index contributed by atoms with van der Waals surface area (Å²) in [5.74, 6) is -2.14. The Morgan fingerprint density at radius 1 is 1.24 bits per heavy atom. The quantitative estimate of drug-likeness (QED) is 0.715. The van der Waals surface area contributed by atoms with Crippen LogP contribution in [-0.2, 0) is 10.8 Å². The number of nitrogens with one attached hydrogen (secondary N) is 1. The molecule has 1 unspecified atom stereocenters. The average Bonchev–Trinajstić information content (AvgIpc) is 2.28. The highest BCUT2D eigenvalue weighted by Gasteiger charge is 2.24. The molecule has 1 atom stereocenters. The lowest BCUT2D eigenvalue weighted by molar-refractivity contribution is 0.0696. The number of hydrogen-bond acceptors (Lipinski definition) is 4. The van der Waals surface area contributed by atoms with Crippen molar-refractivity contribution in [1.29, 1.82) is 0 Å². The summed E-state index contributed by atoms with van der Waals surface area (Å²) in [6, 6.07) is 2.32. The minimum absolute atomic E-state index is 0.159. The van der Waals surface area contributed by atoms with Gasteiger partial charge in [0.1, 0.15) is 0 Å². The summed E-state index contributed by atoms with van der Waals surface area (Å²) in [7, 11) is -1.36. The first-order chi connectivity index (χ1) is 8.00. The molecule has 0 aliphatic carbocycles. The fraction of sp³-hybridized carbons (Fsp3) is 0.200. The maximum Gasteiger partial charge on any atom is 0.337 e. The van der Waals surface area contributed by atoms with Crippen molar-refractivity contribution in [2.75, 3.05) is 17.6 Å². The molecule has 0 saturated heterocycles. The van der Waals surface area contributed by atoms with Crippen molar-refractivity contribution < 1.29 is 24.0 Å². The van der Waals surface area contributed by atoms with E-state index in [9.17, 15) is 13.8 Å². The second-order valence-electron chi connectivity index (χ2n) is 3.48. The molecule has 6 nitrogen and oxygen atoms in total. The highest BCUT2D eigenvalue weighted by atomic mass is 32.2. The zero-order valence-corrected chi connectivity index (χ0v) is 9.41. The molecule has 0 amide bonds. The van der Waals surface area contributed by atoms with Crippen LogP contribution in [0.4, 0.5) is 5.69 Å². The number of rotatable bonds is 2. The first-order valence-corrected chi connectivity index (χ1v) is 6.09. The number of carboxylic acid groups (broad SMARTS) is 2. The highest BCUT2D eigenvalue weighted by molar-refractivity contribution is 7.85. The molecule has 0 radical (unpaired) electrons. The van der Waals surface area contributed by atoms with Gasteiger partial charge in [-0.05, 0) is 12.1 Å². The van der Waals surface area contributed by atoms with Gasteiger partial charge in [0.15, 0.2) is 0 Å². The number of anilines is 1. The van der Waals surface area contributed by atoms with E-state index in [0.717, 1.165) is 6.07 Å². The average molecular weight is 255 g/mol. The van der Waals surface area contributed by atoms with E-state index in [1.54, 1.807) is 0 Å². The van der Waals surface area contributed by atoms with Crippen molar-refractivity contribution in [3.63, 3.8) is 0 Å². The summed E-state index contributed by atoms with van der Waals surface area (Å²) in [6.07, 6.45) is 0. The normalized spacial score (nSPS) is 18.0. The number of hydrogen-bond donors (Lipinski definition) is 3. The van der Waals surface area contributed by atoms with Crippen molar-refractivity contribution in [2.24, 2.45) is 0 Å². The Bertz CT molecular complexity index is 522. The van der Waals surface area contributed by atoms with Crippen molar-refractivity contribution in [3.8, 4) is 0 Å². The zero-order chi connectivity index (χ0) is 12.6. The lowest BCUT2D eigenvalue weighted by Crippen LogP contribution is -2.22. The Morgan fingerprint density at radius 2 is 1.94 bits per heavy atom. The van der Waals surface area contributed by atoms with Crippen LogP contribution in [0.5, 0.6) is 0 Å². The van der Waals surface area contributed by atoms with Gasteiger partial charge in [0.25, 0.3) is 0 Å². The molecule has 1 aliphatic rings. The van der Waals surface area contributed by atoms with E-state index in [0.29, 0.717) is 12.3 Å². The predicted molar refractivity (Wildman–Crippen MR) is 60.1 cm³/mol. The van der Waals surface area contributed by atoms with Crippen LogP contribution in [0, 0.1) is 0 Å². The molecule has 0 aromatic heterocycles. The van der Waals surface area contributed by atoms with Gasteiger partial charge in [-0.15, -0.1) is 0 Å². The lowest BCUT2D eigenvalue weighted by Gasteiger charge is -2.19. The monoisotopic (exact) mass is 255 g/mol. The summed E-state index contributed by atoms with van der Waals surface area (Å²) in [4.78, 5) is 22.1. The molecule has 0 saturated carbocycles. The molecule has 0 fully saturated rings. The molecule has 1 aromatic carbocycles. The topological polar surface area (TPSA) is 104 Å². The van der Waals surface area contributed by atoms with Gasteiger partial charge >= 0.3 is 11.9 Å². The molecule has 7 heteroatoms. The smallest absolute Gasteiger partial charge is 0.337 e. The zero-order valence-electron chi connectivity index (χ0n) is 8.60. The maximum absolute atomic E-state index is 11.7. The van der Waals surface area contributed by atoms with E-state index in [1.165, 1.54) is 6.07 Å².